The zero-order chi connectivity index (χ0) is 13.2. The van der Waals surface area contributed by atoms with Crippen molar-refractivity contribution in [3.05, 3.63) is 65.2 Å². The Morgan fingerprint density at radius 3 is 2.74 bits per heavy atom. The SMILES string of the molecule is Cc1ccc2c(c1)CN(Cc1ccccc1)C(C)O2. The maximum atomic E-state index is 6.00. The molecule has 98 valence electrons. The van der Waals surface area contributed by atoms with Gasteiger partial charge >= 0.3 is 0 Å². The van der Waals surface area contributed by atoms with Crippen molar-refractivity contribution in [3.63, 3.8) is 0 Å². The molecule has 1 aliphatic heterocycles. The van der Waals surface area contributed by atoms with Crippen LogP contribution in [0, 0.1) is 6.92 Å². The number of benzene rings is 2. The minimum Gasteiger partial charge on any atom is -0.475 e. The molecule has 3 rings (SSSR count). The molecular formula is C17H19NO. The summed E-state index contributed by atoms with van der Waals surface area (Å²) in [6.45, 7) is 6.12. The summed E-state index contributed by atoms with van der Waals surface area (Å²) in [6, 6.07) is 17.0. The zero-order valence-corrected chi connectivity index (χ0v) is 11.5. The van der Waals surface area contributed by atoms with Gasteiger partial charge in [0, 0.05) is 18.7 Å². The van der Waals surface area contributed by atoms with Gasteiger partial charge in [-0.05, 0) is 25.5 Å². The number of fused-ring (bicyclic) bond motifs is 1. The van der Waals surface area contributed by atoms with Gasteiger partial charge in [0.1, 0.15) is 12.0 Å². The zero-order valence-electron chi connectivity index (χ0n) is 11.5. The van der Waals surface area contributed by atoms with E-state index in [0.717, 1.165) is 18.8 Å². The molecule has 0 saturated heterocycles. The lowest BCUT2D eigenvalue weighted by Gasteiger charge is -2.35. The molecule has 0 amide bonds. The minimum absolute atomic E-state index is 0.121. The lowest BCUT2D eigenvalue weighted by atomic mass is 10.1. The largest absolute Gasteiger partial charge is 0.475 e. The van der Waals surface area contributed by atoms with Crippen molar-refractivity contribution in [1.29, 1.82) is 0 Å². The van der Waals surface area contributed by atoms with Gasteiger partial charge in [-0.15, -0.1) is 0 Å². The molecule has 0 aromatic heterocycles. The van der Waals surface area contributed by atoms with E-state index in [2.05, 4.69) is 67.3 Å². The molecule has 0 radical (unpaired) electrons. The topological polar surface area (TPSA) is 12.5 Å². The van der Waals surface area contributed by atoms with Crippen LogP contribution in [0.15, 0.2) is 48.5 Å². The van der Waals surface area contributed by atoms with Gasteiger partial charge < -0.3 is 4.74 Å². The summed E-state index contributed by atoms with van der Waals surface area (Å²) in [5.41, 5.74) is 3.90. The fourth-order valence-electron chi connectivity index (χ4n) is 2.55. The van der Waals surface area contributed by atoms with Crippen molar-refractivity contribution in [3.8, 4) is 5.75 Å². The van der Waals surface area contributed by atoms with Crippen LogP contribution >= 0.6 is 0 Å². The van der Waals surface area contributed by atoms with Crippen molar-refractivity contribution in [2.45, 2.75) is 33.2 Å². The molecule has 1 unspecified atom stereocenters. The maximum absolute atomic E-state index is 6.00. The van der Waals surface area contributed by atoms with Gasteiger partial charge in [-0.3, -0.25) is 4.90 Å². The summed E-state index contributed by atoms with van der Waals surface area (Å²) in [6.07, 6.45) is 0.121. The third-order valence-corrected chi connectivity index (χ3v) is 3.63. The first kappa shape index (κ1) is 12.2. The third-order valence-electron chi connectivity index (χ3n) is 3.63. The molecule has 1 heterocycles. The Bertz CT molecular complexity index is 565. The lowest BCUT2D eigenvalue weighted by Crippen LogP contribution is -2.39. The number of hydrogen-bond acceptors (Lipinski definition) is 2. The normalized spacial score (nSPS) is 18.7. The van der Waals surface area contributed by atoms with E-state index < -0.39 is 0 Å². The van der Waals surface area contributed by atoms with Crippen LogP contribution in [-0.2, 0) is 13.1 Å². The number of aryl methyl sites for hydroxylation is 1. The van der Waals surface area contributed by atoms with Gasteiger partial charge in [0.2, 0.25) is 0 Å². The standard InChI is InChI=1S/C17H19NO/c1-13-8-9-17-16(10-13)12-18(14(2)19-17)11-15-6-4-3-5-7-15/h3-10,14H,11-12H2,1-2H3. The second-order valence-electron chi connectivity index (χ2n) is 5.22. The molecule has 0 fully saturated rings. The summed E-state index contributed by atoms with van der Waals surface area (Å²) in [4.78, 5) is 2.36. The van der Waals surface area contributed by atoms with Gasteiger partial charge in [-0.25, -0.2) is 0 Å². The van der Waals surface area contributed by atoms with Gasteiger partial charge in [-0.2, -0.15) is 0 Å². The summed E-state index contributed by atoms with van der Waals surface area (Å²) in [5.74, 6) is 1.03. The average molecular weight is 253 g/mol. The van der Waals surface area contributed by atoms with Crippen molar-refractivity contribution in [1.82, 2.24) is 4.90 Å². The molecule has 2 aromatic carbocycles. The van der Waals surface area contributed by atoms with E-state index in [-0.39, 0.29) is 6.23 Å². The summed E-state index contributed by atoms with van der Waals surface area (Å²) < 4.78 is 6.00. The Labute approximate surface area is 114 Å². The van der Waals surface area contributed by atoms with E-state index in [1.165, 1.54) is 16.7 Å². The molecule has 0 saturated carbocycles. The number of nitrogens with zero attached hydrogens (tertiary/aromatic N) is 1. The number of rotatable bonds is 2. The molecule has 0 N–H and O–H groups in total. The van der Waals surface area contributed by atoms with Crippen molar-refractivity contribution >= 4 is 0 Å². The molecule has 2 nitrogen and oxygen atoms in total. The first-order valence-corrected chi connectivity index (χ1v) is 6.76. The van der Waals surface area contributed by atoms with Crippen LogP contribution in [0.2, 0.25) is 0 Å². The van der Waals surface area contributed by atoms with Gasteiger partial charge in [0.25, 0.3) is 0 Å². The van der Waals surface area contributed by atoms with E-state index in [9.17, 15) is 0 Å². The summed E-state index contributed by atoms with van der Waals surface area (Å²) in [7, 11) is 0. The van der Waals surface area contributed by atoms with Crippen LogP contribution in [0.25, 0.3) is 0 Å². The van der Waals surface area contributed by atoms with E-state index in [1.807, 2.05) is 0 Å². The molecule has 0 spiro atoms. The Balaban J connectivity index is 1.81. The predicted octanol–water partition coefficient (Wildman–Crippen LogP) is 3.74. The Kier molecular flexibility index (Phi) is 3.26. The highest BCUT2D eigenvalue weighted by atomic mass is 16.5. The highest BCUT2D eigenvalue weighted by molar-refractivity contribution is 5.38. The molecule has 19 heavy (non-hydrogen) atoms. The van der Waals surface area contributed by atoms with Gasteiger partial charge in [0.15, 0.2) is 0 Å². The summed E-state index contributed by atoms with van der Waals surface area (Å²) >= 11 is 0. The monoisotopic (exact) mass is 253 g/mol. The third kappa shape index (κ3) is 2.64. The number of hydrogen-bond donors (Lipinski definition) is 0. The van der Waals surface area contributed by atoms with Crippen LogP contribution in [0.4, 0.5) is 0 Å². The summed E-state index contributed by atoms with van der Waals surface area (Å²) in [5, 5.41) is 0. The van der Waals surface area contributed by atoms with Crippen LogP contribution in [0.5, 0.6) is 5.75 Å². The lowest BCUT2D eigenvalue weighted by molar-refractivity contribution is 0.00709. The van der Waals surface area contributed by atoms with E-state index in [0.29, 0.717) is 0 Å². The molecular weight excluding hydrogens is 234 g/mol. The molecule has 1 aliphatic rings. The molecule has 2 heteroatoms. The second kappa shape index (κ2) is 5.06. The van der Waals surface area contributed by atoms with Gasteiger partial charge in [-0.1, -0.05) is 48.0 Å². The van der Waals surface area contributed by atoms with E-state index in [1.54, 1.807) is 0 Å². The van der Waals surface area contributed by atoms with Crippen molar-refractivity contribution < 1.29 is 4.74 Å². The van der Waals surface area contributed by atoms with Crippen LogP contribution in [-0.4, -0.2) is 11.1 Å². The molecule has 0 bridgehead atoms. The maximum Gasteiger partial charge on any atom is 0.150 e. The van der Waals surface area contributed by atoms with E-state index in [4.69, 9.17) is 4.74 Å². The quantitative estimate of drug-likeness (QED) is 0.808. The number of ether oxygens (including phenoxy) is 1. The molecule has 1 atom stereocenters. The Hall–Kier alpha value is -1.80. The predicted molar refractivity (Wildman–Crippen MR) is 77.0 cm³/mol. The highest BCUT2D eigenvalue weighted by Gasteiger charge is 2.23. The van der Waals surface area contributed by atoms with Crippen molar-refractivity contribution in [2.24, 2.45) is 0 Å². The van der Waals surface area contributed by atoms with Crippen LogP contribution in [0.3, 0.4) is 0 Å². The first-order valence-electron chi connectivity index (χ1n) is 6.76. The first-order chi connectivity index (χ1) is 9.22. The molecule has 2 aromatic rings. The molecule has 0 aliphatic carbocycles. The Morgan fingerprint density at radius 1 is 1.16 bits per heavy atom. The minimum atomic E-state index is 0.121. The highest BCUT2D eigenvalue weighted by Crippen LogP contribution is 2.29. The fourth-order valence-corrected chi connectivity index (χ4v) is 2.55. The average Bonchev–Trinajstić information content (AvgIpc) is 2.41. The van der Waals surface area contributed by atoms with Crippen LogP contribution in [0.1, 0.15) is 23.6 Å². The van der Waals surface area contributed by atoms with Gasteiger partial charge in [0.05, 0.1) is 0 Å². The fraction of sp³-hybridized carbons (Fsp3) is 0.294. The smallest absolute Gasteiger partial charge is 0.150 e. The van der Waals surface area contributed by atoms with Crippen molar-refractivity contribution in [2.75, 3.05) is 0 Å². The van der Waals surface area contributed by atoms with E-state index >= 15 is 0 Å². The Morgan fingerprint density at radius 2 is 1.95 bits per heavy atom. The van der Waals surface area contributed by atoms with Crippen LogP contribution < -0.4 is 4.74 Å². The second-order valence-corrected chi connectivity index (χ2v) is 5.22.